The van der Waals surface area contributed by atoms with Crippen LogP contribution in [0.25, 0.3) is 0 Å². The van der Waals surface area contributed by atoms with Crippen LogP contribution < -0.4 is 5.32 Å². The molecule has 1 aliphatic rings. The molecular weight excluding hydrogens is 467 g/mol. The van der Waals surface area contributed by atoms with Crippen LogP contribution >= 0.6 is 56.7 Å². The topological polar surface area (TPSA) is 35.5 Å². The standard InChI is InChI=1S/C16H24Br2N2O.2ClH/c1-11(2)3-4-15(20-7-5-19-6-8-20)13-9-12(17)10-14(18)16(13)21;;/h9-11,15,19,21H,3-8H2,1-2H3;2*1H/t15-;;/m1../s1. The number of piperazine rings is 1. The molecule has 1 fully saturated rings. The Morgan fingerprint density at radius 1 is 1.13 bits per heavy atom. The van der Waals surface area contributed by atoms with E-state index >= 15 is 0 Å². The number of hydrogen-bond acceptors (Lipinski definition) is 3. The van der Waals surface area contributed by atoms with Gasteiger partial charge in [0.25, 0.3) is 0 Å². The maximum Gasteiger partial charge on any atom is 0.134 e. The molecule has 1 aromatic carbocycles. The third-order valence-electron chi connectivity index (χ3n) is 4.03. The Hall–Kier alpha value is 0.480. The average Bonchev–Trinajstić information content (AvgIpc) is 2.45. The number of phenols is 1. The van der Waals surface area contributed by atoms with Crippen LogP contribution in [0.2, 0.25) is 0 Å². The maximum atomic E-state index is 10.5. The van der Waals surface area contributed by atoms with Crippen LogP contribution in [0.1, 0.15) is 38.3 Å². The van der Waals surface area contributed by atoms with Gasteiger partial charge in [-0.2, -0.15) is 0 Å². The molecule has 1 aliphatic heterocycles. The van der Waals surface area contributed by atoms with E-state index in [-0.39, 0.29) is 30.9 Å². The second-order valence-corrected chi connectivity index (χ2v) is 7.87. The second kappa shape index (κ2) is 11.2. The molecule has 0 aliphatic carbocycles. The van der Waals surface area contributed by atoms with Gasteiger partial charge in [-0.05, 0) is 46.8 Å². The predicted octanol–water partition coefficient (Wildman–Crippen LogP) is 5.14. The molecular formula is C16H26Br2Cl2N2O. The van der Waals surface area contributed by atoms with Crippen LogP contribution in [0.3, 0.4) is 0 Å². The van der Waals surface area contributed by atoms with Crippen LogP contribution in [0, 0.1) is 5.92 Å². The Labute approximate surface area is 168 Å². The van der Waals surface area contributed by atoms with Crippen molar-refractivity contribution in [1.82, 2.24) is 10.2 Å². The summed E-state index contributed by atoms with van der Waals surface area (Å²) in [4.78, 5) is 2.49. The largest absolute Gasteiger partial charge is 0.506 e. The first-order chi connectivity index (χ1) is 9.99. The van der Waals surface area contributed by atoms with Crippen LogP contribution in [-0.4, -0.2) is 36.2 Å². The lowest BCUT2D eigenvalue weighted by atomic mass is 9.95. The van der Waals surface area contributed by atoms with Gasteiger partial charge in [0.05, 0.1) is 4.47 Å². The van der Waals surface area contributed by atoms with E-state index in [2.05, 4.69) is 62.0 Å². The van der Waals surface area contributed by atoms with Crippen LogP contribution in [-0.2, 0) is 0 Å². The van der Waals surface area contributed by atoms with Crippen molar-refractivity contribution in [3.05, 3.63) is 26.6 Å². The molecule has 134 valence electrons. The Bertz CT molecular complexity index is 483. The Morgan fingerprint density at radius 2 is 1.74 bits per heavy atom. The normalized spacial score (nSPS) is 16.6. The Kier molecular flexibility index (Phi) is 11.4. The van der Waals surface area contributed by atoms with E-state index in [1.165, 1.54) is 0 Å². The maximum absolute atomic E-state index is 10.5. The number of phenolic OH excluding ortho intramolecular Hbond substituents is 1. The average molecular weight is 493 g/mol. The summed E-state index contributed by atoms with van der Waals surface area (Å²) in [6.45, 7) is 8.62. The molecule has 2 rings (SSSR count). The van der Waals surface area contributed by atoms with Gasteiger partial charge in [0.15, 0.2) is 0 Å². The van der Waals surface area contributed by atoms with Gasteiger partial charge in [0.1, 0.15) is 5.75 Å². The van der Waals surface area contributed by atoms with Gasteiger partial charge in [-0.25, -0.2) is 0 Å². The summed E-state index contributed by atoms with van der Waals surface area (Å²) >= 11 is 7.01. The molecule has 0 spiro atoms. The number of nitrogens with one attached hydrogen (secondary N) is 1. The van der Waals surface area contributed by atoms with Crippen molar-refractivity contribution in [1.29, 1.82) is 0 Å². The summed E-state index contributed by atoms with van der Waals surface area (Å²) in [5.41, 5.74) is 1.03. The lowest BCUT2D eigenvalue weighted by molar-refractivity contribution is 0.157. The first-order valence-electron chi connectivity index (χ1n) is 7.61. The fourth-order valence-corrected chi connectivity index (χ4v) is 4.12. The monoisotopic (exact) mass is 490 g/mol. The minimum atomic E-state index is 0. The fourth-order valence-electron chi connectivity index (χ4n) is 2.86. The van der Waals surface area contributed by atoms with Crippen LogP contribution in [0.5, 0.6) is 5.75 Å². The fraction of sp³-hybridized carbons (Fsp3) is 0.625. The van der Waals surface area contributed by atoms with E-state index in [4.69, 9.17) is 0 Å². The lowest BCUT2D eigenvalue weighted by Crippen LogP contribution is -2.45. The quantitative estimate of drug-likeness (QED) is 0.597. The smallest absolute Gasteiger partial charge is 0.134 e. The second-order valence-electron chi connectivity index (χ2n) is 6.10. The summed E-state index contributed by atoms with van der Waals surface area (Å²) in [6.07, 6.45) is 2.24. The van der Waals surface area contributed by atoms with Crippen molar-refractivity contribution in [2.24, 2.45) is 5.92 Å². The summed E-state index contributed by atoms with van der Waals surface area (Å²) < 4.78 is 1.77. The van der Waals surface area contributed by atoms with E-state index in [1.807, 2.05) is 6.07 Å². The van der Waals surface area contributed by atoms with Gasteiger partial charge in [-0.3, -0.25) is 4.90 Å². The van der Waals surface area contributed by atoms with Crippen molar-refractivity contribution >= 4 is 56.7 Å². The highest BCUT2D eigenvalue weighted by Gasteiger charge is 2.25. The number of halogens is 4. The van der Waals surface area contributed by atoms with E-state index in [0.717, 1.165) is 53.5 Å². The van der Waals surface area contributed by atoms with Crippen molar-refractivity contribution in [2.45, 2.75) is 32.7 Å². The van der Waals surface area contributed by atoms with Gasteiger partial charge in [0, 0.05) is 42.3 Å². The van der Waals surface area contributed by atoms with E-state index in [1.54, 1.807) is 0 Å². The summed E-state index contributed by atoms with van der Waals surface area (Å²) in [5, 5.41) is 13.9. The zero-order valence-corrected chi connectivity index (χ0v) is 18.3. The number of benzene rings is 1. The molecule has 1 heterocycles. The molecule has 0 unspecified atom stereocenters. The third kappa shape index (κ3) is 6.71. The first-order valence-corrected chi connectivity index (χ1v) is 9.20. The van der Waals surface area contributed by atoms with Gasteiger partial charge < -0.3 is 10.4 Å². The molecule has 0 amide bonds. The minimum absolute atomic E-state index is 0. The van der Waals surface area contributed by atoms with E-state index in [0.29, 0.717) is 11.7 Å². The van der Waals surface area contributed by atoms with Crippen molar-refractivity contribution in [3.63, 3.8) is 0 Å². The molecule has 0 aromatic heterocycles. The third-order valence-corrected chi connectivity index (χ3v) is 5.09. The highest BCUT2D eigenvalue weighted by Crippen LogP contribution is 2.39. The van der Waals surface area contributed by atoms with Gasteiger partial charge in [0.2, 0.25) is 0 Å². The van der Waals surface area contributed by atoms with Gasteiger partial charge in [-0.1, -0.05) is 29.8 Å². The molecule has 0 saturated carbocycles. The molecule has 1 saturated heterocycles. The predicted molar refractivity (Wildman–Crippen MR) is 109 cm³/mol. The van der Waals surface area contributed by atoms with Crippen molar-refractivity contribution < 1.29 is 5.11 Å². The van der Waals surface area contributed by atoms with Crippen molar-refractivity contribution in [3.8, 4) is 5.75 Å². The molecule has 23 heavy (non-hydrogen) atoms. The van der Waals surface area contributed by atoms with Crippen LogP contribution in [0.15, 0.2) is 21.1 Å². The van der Waals surface area contributed by atoms with Gasteiger partial charge in [-0.15, -0.1) is 24.8 Å². The molecule has 0 radical (unpaired) electrons. The summed E-state index contributed by atoms with van der Waals surface area (Å²) in [7, 11) is 0. The van der Waals surface area contributed by atoms with Crippen LogP contribution in [0.4, 0.5) is 0 Å². The molecule has 0 bridgehead atoms. The summed E-state index contributed by atoms with van der Waals surface area (Å²) in [5.74, 6) is 1.05. The van der Waals surface area contributed by atoms with Gasteiger partial charge >= 0.3 is 0 Å². The van der Waals surface area contributed by atoms with Crippen molar-refractivity contribution in [2.75, 3.05) is 26.2 Å². The minimum Gasteiger partial charge on any atom is -0.506 e. The molecule has 1 aromatic rings. The Morgan fingerprint density at radius 3 is 2.30 bits per heavy atom. The molecule has 7 heteroatoms. The highest BCUT2D eigenvalue weighted by molar-refractivity contribution is 9.11. The molecule has 2 N–H and O–H groups in total. The molecule has 3 nitrogen and oxygen atoms in total. The lowest BCUT2D eigenvalue weighted by Gasteiger charge is -2.36. The zero-order valence-electron chi connectivity index (χ0n) is 13.5. The number of rotatable bonds is 5. The molecule has 1 atom stereocenters. The number of nitrogens with zero attached hydrogens (tertiary/aromatic N) is 1. The zero-order chi connectivity index (χ0) is 15.4. The highest BCUT2D eigenvalue weighted by atomic mass is 79.9. The summed E-state index contributed by atoms with van der Waals surface area (Å²) in [6, 6.07) is 4.24. The van der Waals surface area contributed by atoms with E-state index < -0.39 is 0 Å². The Balaban J connectivity index is 0.00000242. The SMILES string of the molecule is CC(C)CC[C@H](c1cc(Br)cc(Br)c1O)N1CCNCC1.Cl.Cl. The van der Waals surface area contributed by atoms with E-state index in [9.17, 15) is 5.11 Å². The number of hydrogen-bond donors (Lipinski definition) is 2. The first kappa shape index (κ1) is 23.5. The number of aromatic hydroxyl groups is 1.